The van der Waals surface area contributed by atoms with Crippen LogP contribution >= 0.6 is 0 Å². The lowest BCUT2D eigenvalue weighted by Crippen LogP contribution is -2.30. The Balaban J connectivity index is 2.22. The highest BCUT2D eigenvalue weighted by atomic mass is 16.5. The van der Waals surface area contributed by atoms with Crippen LogP contribution in [0.5, 0.6) is 11.5 Å². The molecule has 31 heavy (non-hydrogen) atoms. The van der Waals surface area contributed by atoms with E-state index in [4.69, 9.17) is 9.47 Å². The lowest BCUT2D eigenvalue weighted by atomic mass is 9.93. The second kappa shape index (κ2) is 9.25. The molecule has 0 bridgehead atoms. The quantitative estimate of drug-likeness (QED) is 0.402. The van der Waals surface area contributed by atoms with Gasteiger partial charge in [0.2, 0.25) is 0 Å². The largest absolute Gasteiger partial charge is 0.507 e. The zero-order chi connectivity index (χ0) is 22.7. The molecule has 1 aliphatic heterocycles. The minimum absolute atomic E-state index is 0.0991. The molecule has 1 N–H and O–H groups in total. The molecule has 0 radical (unpaired) electrons. The number of rotatable bonds is 7. The van der Waals surface area contributed by atoms with Gasteiger partial charge in [0.05, 0.1) is 25.8 Å². The Morgan fingerprint density at radius 1 is 1.06 bits per heavy atom. The number of carbonyl (C=O) groups excluding carboxylic acids is 2. The second-order valence-corrected chi connectivity index (χ2v) is 7.76. The van der Waals surface area contributed by atoms with Gasteiger partial charge in [0.25, 0.3) is 11.7 Å². The molecule has 164 valence electrons. The molecule has 1 saturated heterocycles. The third-order valence-corrected chi connectivity index (χ3v) is 5.70. The number of nitrogens with zero attached hydrogens (tertiary/aromatic N) is 1. The number of aliphatic hydroxyl groups excluding tert-OH is 1. The van der Waals surface area contributed by atoms with Crippen LogP contribution in [0.3, 0.4) is 0 Å². The Kier molecular flexibility index (Phi) is 6.68. The van der Waals surface area contributed by atoms with Crippen molar-refractivity contribution < 1.29 is 24.2 Å². The zero-order valence-electron chi connectivity index (χ0n) is 18.7. The Labute approximate surface area is 183 Å². The van der Waals surface area contributed by atoms with Crippen LogP contribution in [-0.2, 0) is 9.59 Å². The average Bonchev–Trinajstić information content (AvgIpc) is 3.03. The first-order valence-corrected chi connectivity index (χ1v) is 10.4. The fraction of sp³-hybridized carbons (Fsp3) is 0.360. The number of ketones is 1. The molecular weight excluding hydrogens is 394 g/mol. The van der Waals surface area contributed by atoms with Crippen LogP contribution in [0.2, 0.25) is 0 Å². The van der Waals surface area contributed by atoms with Crippen molar-refractivity contribution in [2.24, 2.45) is 0 Å². The number of likely N-dealkylation sites (tertiary alicyclic amines) is 1. The second-order valence-electron chi connectivity index (χ2n) is 7.76. The maximum absolute atomic E-state index is 13.1. The van der Waals surface area contributed by atoms with Crippen molar-refractivity contribution in [2.45, 2.75) is 39.7 Å². The number of hydrogen-bond donors (Lipinski definition) is 1. The van der Waals surface area contributed by atoms with E-state index in [0.29, 0.717) is 23.6 Å². The van der Waals surface area contributed by atoms with E-state index < -0.39 is 17.7 Å². The zero-order valence-corrected chi connectivity index (χ0v) is 18.7. The molecule has 3 rings (SSSR count). The summed E-state index contributed by atoms with van der Waals surface area (Å²) in [5.74, 6) is -0.120. The number of ether oxygens (including phenoxy) is 2. The molecule has 2 aromatic carbocycles. The van der Waals surface area contributed by atoms with Crippen LogP contribution in [0, 0.1) is 13.8 Å². The number of Topliss-reactive ketones (excluding diaryl/α,β-unsaturated/α-hetero) is 1. The summed E-state index contributed by atoms with van der Waals surface area (Å²) in [6.45, 7) is 6.17. The molecule has 1 unspecified atom stereocenters. The molecule has 0 spiro atoms. The van der Waals surface area contributed by atoms with E-state index in [1.54, 1.807) is 37.3 Å². The summed E-state index contributed by atoms with van der Waals surface area (Å²) >= 11 is 0. The molecule has 1 aliphatic rings. The van der Waals surface area contributed by atoms with Crippen LogP contribution in [0.15, 0.2) is 42.0 Å². The Hall–Kier alpha value is -3.28. The molecular formula is C25H29NO5. The fourth-order valence-electron chi connectivity index (χ4n) is 4.01. The van der Waals surface area contributed by atoms with Crippen molar-refractivity contribution in [3.8, 4) is 11.5 Å². The summed E-state index contributed by atoms with van der Waals surface area (Å²) in [7, 11) is 3.15. The topological polar surface area (TPSA) is 76.1 Å². The maximum atomic E-state index is 13.1. The number of amides is 1. The first kappa shape index (κ1) is 22.4. The van der Waals surface area contributed by atoms with Crippen LogP contribution in [0.1, 0.15) is 48.1 Å². The molecule has 6 heteroatoms. The lowest BCUT2D eigenvalue weighted by molar-refractivity contribution is -0.139. The van der Waals surface area contributed by atoms with E-state index in [0.717, 1.165) is 29.5 Å². The van der Waals surface area contributed by atoms with Gasteiger partial charge in [0.15, 0.2) is 0 Å². The Bertz CT molecular complexity index is 1040. The Morgan fingerprint density at radius 2 is 1.81 bits per heavy atom. The van der Waals surface area contributed by atoms with E-state index >= 15 is 0 Å². The average molecular weight is 424 g/mol. The van der Waals surface area contributed by atoms with Gasteiger partial charge in [0, 0.05) is 12.1 Å². The highest BCUT2D eigenvalue weighted by Crippen LogP contribution is 2.41. The van der Waals surface area contributed by atoms with Crippen molar-refractivity contribution in [1.29, 1.82) is 0 Å². The SMILES string of the molecule is CCCCN1C(=O)C(=O)/C(=C(/O)c2cc(C)c(OC)cc2C)C1c1cccc(OC)c1. The summed E-state index contributed by atoms with van der Waals surface area (Å²) in [5, 5.41) is 11.3. The fourth-order valence-corrected chi connectivity index (χ4v) is 4.01. The molecule has 6 nitrogen and oxygen atoms in total. The molecule has 0 saturated carbocycles. The number of aryl methyl sites for hydroxylation is 2. The number of hydrogen-bond acceptors (Lipinski definition) is 5. The summed E-state index contributed by atoms with van der Waals surface area (Å²) in [6, 6.07) is 10.2. The molecule has 0 aliphatic carbocycles. The van der Waals surface area contributed by atoms with E-state index in [1.807, 2.05) is 39.0 Å². The van der Waals surface area contributed by atoms with E-state index in [-0.39, 0.29) is 11.3 Å². The van der Waals surface area contributed by atoms with E-state index in [9.17, 15) is 14.7 Å². The number of methoxy groups -OCH3 is 2. The monoisotopic (exact) mass is 423 g/mol. The van der Waals surface area contributed by atoms with Gasteiger partial charge < -0.3 is 19.5 Å². The van der Waals surface area contributed by atoms with Gasteiger partial charge >= 0.3 is 0 Å². The number of carbonyl (C=O) groups is 2. The van der Waals surface area contributed by atoms with E-state index in [2.05, 4.69) is 0 Å². The van der Waals surface area contributed by atoms with Gasteiger partial charge in [-0.3, -0.25) is 9.59 Å². The Morgan fingerprint density at radius 3 is 2.45 bits per heavy atom. The van der Waals surface area contributed by atoms with Crippen molar-refractivity contribution in [2.75, 3.05) is 20.8 Å². The summed E-state index contributed by atoms with van der Waals surface area (Å²) in [6.07, 6.45) is 1.64. The van der Waals surface area contributed by atoms with E-state index in [1.165, 1.54) is 0 Å². The van der Waals surface area contributed by atoms with Gasteiger partial charge in [-0.1, -0.05) is 25.5 Å². The molecule has 1 amide bonds. The normalized spacial score (nSPS) is 17.8. The predicted molar refractivity (Wildman–Crippen MR) is 119 cm³/mol. The van der Waals surface area contributed by atoms with Crippen molar-refractivity contribution in [3.63, 3.8) is 0 Å². The highest BCUT2D eigenvalue weighted by molar-refractivity contribution is 6.46. The summed E-state index contributed by atoms with van der Waals surface area (Å²) < 4.78 is 10.7. The van der Waals surface area contributed by atoms with Crippen LogP contribution in [0.25, 0.3) is 5.76 Å². The molecule has 1 heterocycles. The minimum Gasteiger partial charge on any atom is -0.507 e. The van der Waals surface area contributed by atoms with Gasteiger partial charge in [-0.15, -0.1) is 0 Å². The van der Waals surface area contributed by atoms with Gasteiger partial charge in [-0.25, -0.2) is 0 Å². The first-order valence-electron chi connectivity index (χ1n) is 10.4. The third-order valence-electron chi connectivity index (χ3n) is 5.70. The number of aliphatic hydroxyl groups is 1. The smallest absolute Gasteiger partial charge is 0.295 e. The van der Waals surface area contributed by atoms with Gasteiger partial charge in [-0.2, -0.15) is 0 Å². The third kappa shape index (κ3) is 4.15. The first-order chi connectivity index (χ1) is 14.8. The predicted octanol–water partition coefficient (Wildman–Crippen LogP) is 4.54. The molecule has 2 aromatic rings. The van der Waals surface area contributed by atoms with Gasteiger partial charge in [0.1, 0.15) is 17.3 Å². The maximum Gasteiger partial charge on any atom is 0.295 e. The molecule has 1 fully saturated rings. The van der Waals surface area contributed by atoms with Crippen LogP contribution < -0.4 is 9.47 Å². The van der Waals surface area contributed by atoms with Crippen molar-refractivity contribution >= 4 is 17.4 Å². The lowest BCUT2D eigenvalue weighted by Gasteiger charge is -2.25. The van der Waals surface area contributed by atoms with Gasteiger partial charge in [-0.05, 0) is 61.2 Å². The van der Waals surface area contributed by atoms with Crippen molar-refractivity contribution in [1.82, 2.24) is 4.90 Å². The molecule has 0 aromatic heterocycles. The highest BCUT2D eigenvalue weighted by Gasteiger charge is 2.46. The summed E-state index contributed by atoms with van der Waals surface area (Å²) in [5.41, 5.74) is 2.91. The number of benzene rings is 2. The molecule has 1 atom stereocenters. The minimum atomic E-state index is -0.677. The van der Waals surface area contributed by atoms with Crippen LogP contribution in [-0.4, -0.2) is 42.5 Å². The summed E-state index contributed by atoms with van der Waals surface area (Å²) in [4.78, 5) is 27.6. The van der Waals surface area contributed by atoms with Crippen molar-refractivity contribution in [3.05, 3.63) is 64.2 Å². The number of unbranched alkanes of at least 4 members (excludes halogenated alkanes) is 1. The van der Waals surface area contributed by atoms with Crippen LogP contribution in [0.4, 0.5) is 0 Å². The standard InChI is InChI=1S/C25H29NO5/c1-6-7-11-26-22(17-9-8-10-18(14-17)30-4)21(24(28)25(26)29)23(27)19-12-16(3)20(31-5)13-15(19)2/h8-10,12-14,22,27H,6-7,11H2,1-5H3/b23-21+.